The summed E-state index contributed by atoms with van der Waals surface area (Å²) >= 11 is 1.05. The lowest BCUT2D eigenvalue weighted by Gasteiger charge is -2.06. The molecule has 2 heterocycles. The van der Waals surface area contributed by atoms with E-state index in [1.54, 1.807) is 6.07 Å². The lowest BCUT2D eigenvalue weighted by Crippen LogP contribution is -2.26. The van der Waals surface area contributed by atoms with E-state index in [0.717, 1.165) is 34.3 Å². The lowest BCUT2D eigenvalue weighted by atomic mass is 10.2. The van der Waals surface area contributed by atoms with Gasteiger partial charge in [-0.2, -0.15) is 5.10 Å². The van der Waals surface area contributed by atoms with Crippen molar-refractivity contribution in [1.82, 2.24) is 10.5 Å². The summed E-state index contributed by atoms with van der Waals surface area (Å²) in [5.41, 5.74) is 2.47. The van der Waals surface area contributed by atoms with E-state index in [1.165, 1.54) is 6.21 Å². The largest absolute Gasteiger partial charge is 0.489 e. The number of aliphatic carboxylic acids is 1. The quantitative estimate of drug-likeness (QED) is 0.537. The van der Waals surface area contributed by atoms with Crippen LogP contribution in [0.15, 0.2) is 39.0 Å². The molecule has 0 radical (unpaired) electrons. The van der Waals surface area contributed by atoms with E-state index in [9.17, 15) is 9.59 Å². The Bertz CT molecular complexity index is 934. The Balaban J connectivity index is 1.60. The SMILES string of the molecule is Cc1noc(C)c1COc1cccc(C=NN=C2NC(=O)C(CC(=O)O)S2)c1. The summed E-state index contributed by atoms with van der Waals surface area (Å²) in [6.07, 6.45) is 1.26. The van der Waals surface area contributed by atoms with Gasteiger partial charge < -0.3 is 19.7 Å². The number of carbonyl (C=O) groups excluding carboxylic acids is 1. The first-order valence-electron chi connectivity index (χ1n) is 8.37. The molecule has 146 valence electrons. The summed E-state index contributed by atoms with van der Waals surface area (Å²) in [4.78, 5) is 22.4. The van der Waals surface area contributed by atoms with Gasteiger partial charge in [-0.15, -0.1) is 5.10 Å². The third-order valence-corrected chi connectivity index (χ3v) is 4.99. The number of carboxylic acid groups (broad SMARTS) is 1. The highest BCUT2D eigenvalue weighted by molar-refractivity contribution is 8.15. The van der Waals surface area contributed by atoms with Crippen LogP contribution in [-0.4, -0.2) is 38.8 Å². The van der Waals surface area contributed by atoms with E-state index in [2.05, 4.69) is 20.7 Å². The average Bonchev–Trinajstić information content (AvgIpc) is 3.15. The van der Waals surface area contributed by atoms with E-state index in [-0.39, 0.29) is 17.5 Å². The van der Waals surface area contributed by atoms with Crippen molar-refractivity contribution in [3.05, 3.63) is 46.8 Å². The van der Waals surface area contributed by atoms with E-state index in [4.69, 9.17) is 14.4 Å². The van der Waals surface area contributed by atoms with E-state index < -0.39 is 11.2 Å². The maximum atomic E-state index is 11.7. The van der Waals surface area contributed by atoms with Gasteiger partial charge in [0, 0.05) is 0 Å². The fraction of sp³-hybridized carbons (Fsp3) is 0.278. The third kappa shape index (κ3) is 4.97. The van der Waals surface area contributed by atoms with Gasteiger partial charge >= 0.3 is 5.97 Å². The minimum absolute atomic E-state index is 0.260. The van der Waals surface area contributed by atoms with Gasteiger partial charge in [0.25, 0.3) is 0 Å². The molecule has 1 aliphatic rings. The van der Waals surface area contributed by atoms with Gasteiger partial charge in [-0.25, -0.2) is 0 Å². The predicted molar refractivity (Wildman–Crippen MR) is 104 cm³/mol. The van der Waals surface area contributed by atoms with Crippen LogP contribution < -0.4 is 10.1 Å². The zero-order valence-electron chi connectivity index (χ0n) is 15.2. The third-order valence-electron chi connectivity index (χ3n) is 3.91. The number of nitrogens with one attached hydrogen (secondary N) is 1. The second-order valence-corrected chi connectivity index (χ2v) is 7.20. The fourth-order valence-electron chi connectivity index (χ4n) is 2.44. The second kappa shape index (κ2) is 8.70. The number of hydrogen-bond donors (Lipinski definition) is 2. The minimum atomic E-state index is -1.04. The van der Waals surface area contributed by atoms with Crippen LogP contribution in [0.1, 0.15) is 29.0 Å². The Morgan fingerprint density at radius 3 is 3.00 bits per heavy atom. The van der Waals surface area contributed by atoms with Crippen molar-refractivity contribution in [3.63, 3.8) is 0 Å². The van der Waals surface area contributed by atoms with Crippen LogP contribution in [-0.2, 0) is 16.2 Å². The number of ether oxygens (including phenoxy) is 1. The second-order valence-electron chi connectivity index (χ2n) is 6.01. The van der Waals surface area contributed by atoms with Crippen molar-refractivity contribution >= 4 is 35.0 Å². The summed E-state index contributed by atoms with van der Waals surface area (Å²) < 4.78 is 10.9. The molecule has 3 rings (SSSR count). The highest BCUT2D eigenvalue weighted by Crippen LogP contribution is 2.22. The van der Waals surface area contributed by atoms with Gasteiger partial charge in [-0.3, -0.25) is 9.59 Å². The molecule has 2 N–H and O–H groups in total. The molecule has 1 fully saturated rings. The summed E-state index contributed by atoms with van der Waals surface area (Å²) in [6.45, 7) is 4.04. The van der Waals surface area contributed by atoms with Crippen LogP contribution in [0.5, 0.6) is 5.75 Å². The Morgan fingerprint density at radius 1 is 1.46 bits per heavy atom. The Morgan fingerprint density at radius 2 is 2.29 bits per heavy atom. The van der Waals surface area contributed by atoms with Crippen molar-refractivity contribution in [2.24, 2.45) is 10.2 Å². The summed E-state index contributed by atoms with van der Waals surface area (Å²) in [7, 11) is 0. The molecule has 2 aromatic rings. The van der Waals surface area contributed by atoms with Crippen molar-refractivity contribution in [2.45, 2.75) is 32.1 Å². The van der Waals surface area contributed by atoms with Crippen LogP contribution >= 0.6 is 11.8 Å². The molecule has 0 aliphatic carbocycles. The summed E-state index contributed by atoms with van der Waals surface area (Å²) in [5.74, 6) is -0.0353. The number of carbonyl (C=O) groups is 2. The zero-order chi connectivity index (χ0) is 20.1. The summed E-state index contributed by atoms with van der Waals surface area (Å²) in [6, 6.07) is 7.28. The molecule has 1 aliphatic heterocycles. The van der Waals surface area contributed by atoms with Crippen LogP contribution in [0.2, 0.25) is 0 Å². The molecule has 0 saturated carbocycles. The normalized spacial score (nSPS) is 18.0. The molecule has 1 amide bonds. The lowest BCUT2D eigenvalue weighted by molar-refractivity contribution is -0.138. The molecule has 1 aromatic heterocycles. The number of aryl methyl sites for hydroxylation is 2. The van der Waals surface area contributed by atoms with Crippen LogP contribution in [0.3, 0.4) is 0 Å². The van der Waals surface area contributed by atoms with Crippen LogP contribution in [0.4, 0.5) is 0 Å². The highest BCUT2D eigenvalue weighted by atomic mass is 32.2. The monoisotopic (exact) mass is 402 g/mol. The molecule has 1 unspecified atom stereocenters. The van der Waals surface area contributed by atoms with Crippen LogP contribution in [0.25, 0.3) is 0 Å². The predicted octanol–water partition coefficient (Wildman–Crippen LogP) is 2.27. The molecule has 28 heavy (non-hydrogen) atoms. The van der Waals surface area contributed by atoms with Crippen molar-refractivity contribution < 1.29 is 24.0 Å². The number of amides is 1. The molecule has 10 heteroatoms. The van der Waals surface area contributed by atoms with E-state index in [0.29, 0.717) is 12.4 Å². The average molecular weight is 402 g/mol. The first-order valence-corrected chi connectivity index (χ1v) is 9.25. The zero-order valence-corrected chi connectivity index (χ0v) is 16.0. The van der Waals surface area contributed by atoms with E-state index >= 15 is 0 Å². The number of nitrogens with zero attached hydrogens (tertiary/aromatic N) is 3. The van der Waals surface area contributed by atoms with Gasteiger partial charge in [0.15, 0.2) is 5.17 Å². The molecule has 1 aromatic carbocycles. The molecular weight excluding hydrogens is 384 g/mol. The Labute approximate surface area is 164 Å². The number of thioether (sulfide) groups is 1. The molecule has 0 spiro atoms. The van der Waals surface area contributed by atoms with Crippen LogP contribution in [0, 0.1) is 13.8 Å². The topological polar surface area (TPSA) is 126 Å². The number of rotatable bonds is 7. The van der Waals surface area contributed by atoms with Gasteiger partial charge in [0.1, 0.15) is 23.4 Å². The summed E-state index contributed by atoms with van der Waals surface area (Å²) in [5, 5.41) is 22.7. The van der Waals surface area contributed by atoms with Gasteiger partial charge in [0.2, 0.25) is 5.91 Å². The van der Waals surface area contributed by atoms with Gasteiger partial charge in [-0.1, -0.05) is 29.1 Å². The molecular formula is C18H18N4O5S. The molecule has 1 atom stereocenters. The van der Waals surface area contributed by atoms with Crippen molar-refractivity contribution in [1.29, 1.82) is 0 Å². The van der Waals surface area contributed by atoms with Crippen molar-refractivity contribution in [2.75, 3.05) is 0 Å². The maximum absolute atomic E-state index is 11.7. The number of aromatic nitrogens is 1. The number of amidine groups is 1. The Hall–Kier alpha value is -3.14. The first-order chi connectivity index (χ1) is 13.4. The number of carboxylic acids is 1. The number of hydrogen-bond acceptors (Lipinski definition) is 8. The maximum Gasteiger partial charge on any atom is 0.305 e. The standard InChI is InChI=1S/C18H18N4O5S/c1-10-14(11(2)27-22-10)9-26-13-5-3-4-12(6-13)8-19-21-18-20-17(25)15(28-18)7-16(23)24/h3-6,8,15H,7,9H2,1-2H3,(H,23,24)(H,20,21,25). The fourth-order valence-corrected chi connectivity index (χ4v) is 3.36. The number of benzene rings is 1. The highest BCUT2D eigenvalue weighted by Gasteiger charge is 2.32. The Kier molecular flexibility index (Phi) is 6.09. The smallest absolute Gasteiger partial charge is 0.305 e. The van der Waals surface area contributed by atoms with Crippen molar-refractivity contribution in [3.8, 4) is 5.75 Å². The van der Waals surface area contributed by atoms with E-state index in [1.807, 2.05) is 32.0 Å². The molecule has 9 nitrogen and oxygen atoms in total. The first kappa shape index (κ1) is 19.6. The minimum Gasteiger partial charge on any atom is -0.489 e. The van der Waals surface area contributed by atoms with Gasteiger partial charge in [-0.05, 0) is 31.5 Å². The molecule has 1 saturated heterocycles. The van der Waals surface area contributed by atoms with Gasteiger partial charge in [0.05, 0.1) is 23.9 Å². The molecule has 0 bridgehead atoms.